The van der Waals surface area contributed by atoms with Gasteiger partial charge in [0, 0.05) is 17.1 Å². The smallest absolute Gasteiger partial charge is 0.230 e. The Morgan fingerprint density at radius 3 is 1.58 bits per heavy atom. The minimum atomic E-state index is 0.438. The van der Waals surface area contributed by atoms with E-state index in [4.69, 9.17) is 0 Å². The normalized spacial score (nSPS) is 11.7. The Morgan fingerprint density at radius 1 is 0.645 bits per heavy atom. The van der Waals surface area contributed by atoms with E-state index < -0.39 is 0 Å². The zero-order valence-electron chi connectivity index (χ0n) is 18.5. The fourth-order valence-electron chi connectivity index (χ4n) is 3.10. The fourth-order valence-corrected chi connectivity index (χ4v) is 3.10. The molecule has 158 valence electrons. The summed E-state index contributed by atoms with van der Waals surface area (Å²) in [6.07, 6.45) is 0. The fraction of sp³-hybridized carbons (Fsp3) is 0.154. The SMILES string of the molecule is C=C(/N=C(\N=C(/C)Nc1cccc(C)c1)Nc1cccc(C)c1)Nc1cccc(C)c1. The van der Waals surface area contributed by atoms with Gasteiger partial charge in [-0.25, -0.2) is 0 Å². The topological polar surface area (TPSA) is 60.8 Å². The van der Waals surface area contributed by atoms with Gasteiger partial charge in [-0.1, -0.05) is 43.0 Å². The van der Waals surface area contributed by atoms with Crippen LogP contribution in [0.1, 0.15) is 23.6 Å². The summed E-state index contributed by atoms with van der Waals surface area (Å²) in [5, 5.41) is 9.85. The first-order valence-electron chi connectivity index (χ1n) is 10.2. The Hall–Kier alpha value is -3.86. The number of anilines is 3. The number of benzene rings is 3. The predicted octanol–water partition coefficient (Wildman–Crippen LogP) is 6.49. The summed E-state index contributed by atoms with van der Waals surface area (Å²) in [5.41, 5.74) is 6.32. The molecule has 3 N–H and O–H groups in total. The first-order valence-corrected chi connectivity index (χ1v) is 10.2. The molecule has 0 atom stereocenters. The molecule has 0 amide bonds. The van der Waals surface area contributed by atoms with Gasteiger partial charge in [-0.3, -0.25) is 0 Å². The van der Waals surface area contributed by atoms with Gasteiger partial charge in [0.05, 0.1) is 0 Å². The maximum Gasteiger partial charge on any atom is 0.230 e. The van der Waals surface area contributed by atoms with Crippen LogP contribution in [0.3, 0.4) is 0 Å². The van der Waals surface area contributed by atoms with E-state index in [0.717, 1.165) is 28.2 Å². The molecule has 0 aliphatic carbocycles. The summed E-state index contributed by atoms with van der Waals surface area (Å²) >= 11 is 0. The van der Waals surface area contributed by atoms with Gasteiger partial charge in [0.2, 0.25) is 5.96 Å². The first kappa shape index (κ1) is 21.8. The highest BCUT2D eigenvalue weighted by atomic mass is 15.2. The van der Waals surface area contributed by atoms with Gasteiger partial charge < -0.3 is 16.0 Å². The van der Waals surface area contributed by atoms with E-state index in [9.17, 15) is 0 Å². The Bertz CT molecular complexity index is 1130. The summed E-state index contributed by atoms with van der Waals surface area (Å²) in [7, 11) is 0. The van der Waals surface area contributed by atoms with Crippen LogP contribution in [-0.4, -0.2) is 11.8 Å². The lowest BCUT2D eigenvalue weighted by Crippen LogP contribution is -2.17. The van der Waals surface area contributed by atoms with Crippen molar-refractivity contribution in [3.05, 3.63) is 102 Å². The van der Waals surface area contributed by atoms with Gasteiger partial charge in [0.25, 0.3) is 0 Å². The van der Waals surface area contributed by atoms with Crippen molar-refractivity contribution in [2.75, 3.05) is 16.0 Å². The average molecular weight is 412 g/mol. The van der Waals surface area contributed by atoms with Crippen molar-refractivity contribution in [3.8, 4) is 0 Å². The molecule has 3 aromatic carbocycles. The summed E-state index contributed by atoms with van der Waals surface area (Å²) in [6, 6.07) is 24.3. The highest BCUT2D eigenvalue weighted by Gasteiger charge is 2.04. The van der Waals surface area contributed by atoms with Crippen LogP contribution >= 0.6 is 0 Å². The van der Waals surface area contributed by atoms with Crippen molar-refractivity contribution >= 4 is 28.9 Å². The maximum absolute atomic E-state index is 4.67. The predicted molar refractivity (Wildman–Crippen MR) is 134 cm³/mol. The van der Waals surface area contributed by atoms with E-state index >= 15 is 0 Å². The molecule has 5 heteroatoms. The number of rotatable bonds is 5. The molecule has 0 radical (unpaired) electrons. The molecule has 3 rings (SSSR count). The first-order chi connectivity index (χ1) is 14.9. The van der Waals surface area contributed by atoms with E-state index in [-0.39, 0.29) is 0 Å². The Balaban J connectivity index is 1.84. The molecular formula is C26H29N5. The number of hydrogen-bond donors (Lipinski definition) is 3. The molecule has 0 aromatic heterocycles. The summed E-state index contributed by atoms with van der Waals surface area (Å²) in [6.45, 7) is 12.1. The van der Waals surface area contributed by atoms with Crippen LogP contribution in [0, 0.1) is 20.8 Å². The van der Waals surface area contributed by atoms with Gasteiger partial charge in [-0.2, -0.15) is 9.98 Å². The second-order valence-corrected chi connectivity index (χ2v) is 7.56. The molecule has 3 aromatic rings. The third kappa shape index (κ3) is 7.16. The molecule has 0 bridgehead atoms. The lowest BCUT2D eigenvalue weighted by Gasteiger charge is -2.12. The van der Waals surface area contributed by atoms with Crippen molar-refractivity contribution in [3.63, 3.8) is 0 Å². The summed E-state index contributed by atoms with van der Waals surface area (Å²) in [5.74, 6) is 1.65. The molecule has 0 saturated carbocycles. The largest absolute Gasteiger partial charge is 0.344 e. The van der Waals surface area contributed by atoms with Gasteiger partial charge >= 0.3 is 0 Å². The maximum atomic E-state index is 4.67. The standard InChI is InChI=1S/C26H29N5/c1-18-9-6-12-23(15-18)27-21(4)29-26(31-25-14-8-11-20(3)17-25)30-22(5)28-24-13-7-10-19(2)16-24/h6-17,27H,4H2,1-3,5H3,(H2,28,29,30,31). The van der Waals surface area contributed by atoms with Crippen LogP contribution in [0.15, 0.2) is 95.2 Å². The zero-order chi connectivity index (χ0) is 22.2. The van der Waals surface area contributed by atoms with Crippen molar-refractivity contribution in [1.82, 2.24) is 0 Å². The van der Waals surface area contributed by atoms with E-state index in [1.165, 1.54) is 5.56 Å². The Labute approximate surface area is 184 Å². The quantitative estimate of drug-likeness (QED) is 0.332. The van der Waals surface area contributed by atoms with Crippen molar-refractivity contribution in [2.45, 2.75) is 27.7 Å². The van der Waals surface area contributed by atoms with E-state index in [0.29, 0.717) is 17.6 Å². The Morgan fingerprint density at radius 2 is 1.10 bits per heavy atom. The van der Waals surface area contributed by atoms with Crippen LogP contribution in [0.25, 0.3) is 0 Å². The van der Waals surface area contributed by atoms with Crippen molar-refractivity contribution in [1.29, 1.82) is 0 Å². The van der Waals surface area contributed by atoms with Crippen molar-refractivity contribution < 1.29 is 0 Å². The lowest BCUT2D eigenvalue weighted by atomic mass is 10.2. The minimum Gasteiger partial charge on any atom is -0.344 e. The van der Waals surface area contributed by atoms with Gasteiger partial charge in [-0.15, -0.1) is 0 Å². The van der Waals surface area contributed by atoms with Crippen LogP contribution in [0.5, 0.6) is 0 Å². The third-order valence-electron chi connectivity index (χ3n) is 4.44. The number of amidine groups is 1. The highest BCUT2D eigenvalue weighted by molar-refractivity contribution is 6.06. The van der Waals surface area contributed by atoms with Crippen molar-refractivity contribution in [2.24, 2.45) is 9.98 Å². The molecule has 0 spiro atoms. The number of aryl methyl sites for hydroxylation is 3. The van der Waals surface area contributed by atoms with Gasteiger partial charge in [-0.05, 0) is 80.8 Å². The van der Waals surface area contributed by atoms with Gasteiger partial charge in [0.15, 0.2) is 0 Å². The van der Waals surface area contributed by atoms with E-state index in [1.807, 2.05) is 81.4 Å². The van der Waals surface area contributed by atoms with Crippen LogP contribution in [0.2, 0.25) is 0 Å². The molecule has 0 fully saturated rings. The molecule has 0 saturated heterocycles. The zero-order valence-corrected chi connectivity index (χ0v) is 18.5. The molecule has 0 aliphatic heterocycles. The van der Waals surface area contributed by atoms with E-state index in [1.54, 1.807) is 0 Å². The number of nitrogens with one attached hydrogen (secondary N) is 3. The molecule has 5 nitrogen and oxygen atoms in total. The molecule has 31 heavy (non-hydrogen) atoms. The summed E-state index contributed by atoms with van der Waals surface area (Å²) < 4.78 is 0. The number of aliphatic imine (C=N–C) groups is 2. The monoisotopic (exact) mass is 411 g/mol. The third-order valence-corrected chi connectivity index (χ3v) is 4.44. The number of guanidine groups is 1. The van der Waals surface area contributed by atoms with Crippen LogP contribution < -0.4 is 16.0 Å². The molecule has 0 unspecified atom stereocenters. The molecular weight excluding hydrogens is 382 g/mol. The second-order valence-electron chi connectivity index (χ2n) is 7.56. The number of nitrogens with zero attached hydrogens (tertiary/aromatic N) is 2. The minimum absolute atomic E-state index is 0.438. The average Bonchev–Trinajstić information content (AvgIpc) is 2.67. The van der Waals surface area contributed by atoms with Crippen LogP contribution in [-0.2, 0) is 0 Å². The van der Waals surface area contributed by atoms with E-state index in [2.05, 4.69) is 51.6 Å². The highest BCUT2D eigenvalue weighted by Crippen LogP contribution is 2.14. The number of hydrogen-bond acceptors (Lipinski definition) is 2. The lowest BCUT2D eigenvalue weighted by molar-refractivity contribution is 1.28. The van der Waals surface area contributed by atoms with Crippen LogP contribution in [0.4, 0.5) is 17.1 Å². The summed E-state index contributed by atoms with van der Waals surface area (Å²) in [4.78, 5) is 9.27. The second kappa shape index (κ2) is 10.3. The molecule has 0 heterocycles. The molecule has 0 aliphatic rings. The van der Waals surface area contributed by atoms with Gasteiger partial charge in [0.1, 0.15) is 11.7 Å². The Kier molecular flexibility index (Phi) is 7.22.